The minimum absolute atomic E-state index is 0.178. The molecule has 0 aliphatic rings. The Balaban J connectivity index is 2.48. The highest BCUT2D eigenvalue weighted by molar-refractivity contribution is 5.89. The molecule has 122 valence electrons. The van der Waals surface area contributed by atoms with E-state index >= 15 is 0 Å². The fraction of sp³-hybridized carbons (Fsp3) is 0.429. The van der Waals surface area contributed by atoms with Crippen molar-refractivity contribution in [2.75, 3.05) is 6.54 Å². The average Bonchev–Trinajstić information content (AvgIpc) is 2.43. The van der Waals surface area contributed by atoms with Crippen LogP contribution in [0.15, 0.2) is 12.1 Å². The first-order chi connectivity index (χ1) is 10.2. The van der Waals surface area contributed by atoms with Crippen molar-refractivity contribution in [3.8, 4) is 17.2 Å². The molecule has 1 rings (SSSR count). The number of aromatic hydroxyl groups is 3. The molecule has 0 bridgehead atoms. The van der Waals surface area contributed by atoms with Crippen LogP contribution in [0.1, 0.15) is 19.4 Å². The van der Waals surface area contributed by atoms with Gasteiger partial charge >= 0.3 is 0 Å². The molecule has 0 spiro atoms. The molecular formula is C14H21N3O5. The largest absolute Gasteiger partial charge is 0.508 e. The van der Waals surface area contributed by atoms with Gasteiger partial charge in [0.25, 0.3) is 0 Å². The van der Waals surface area contributed by atoms with Gasteiger partial charge in [0.1, 0.15) is 11.8 Å². The zero-order valence-corrected chi connectivity index (χ0v) is 12.5. The van der Waals surface area contributed by atoms with E-state index in [0.29, 0.717) is 5.56 Å². The standard InChI is InChI=1S/C14H21N3O5/c1-7(15)13(21)17-8(2)14(22)16-4-3-9-5-11(19)12(20)6-10(9)18/h5-8,18-20H,3-4,15H2,1-2H3,(H,16,22)(H,17,21)/t7-,8-/m0/s1. The van der Waals surface area contributed by atoms with Gasteiger partial charge < -0.3 is 31.7 Å². The molecule has 0 heterocycles. The molecule has 0 aliphatic heterocycles. The Morgan fingerprint density at radius 1 is 1.09 bits per heavy atom. The molecule has 0 radical (unpaired) electrons. The number of benzene rings is 1. The first-order valence-electron chi connectivity index (χ1n) is 6.79. The van der Waals surface area contributed by atoms with Crippen molar-refractivity contribution in [3.05, 3.63) is 17.7 Å². The third-order valence-electron chi connectivity index (χ3n) is 3.04. The molecule has 0 unspecified atom stereocenters. The number of amides is 2. The predicted octanol–water partition coefficient (Wildman–Crippen LogP) is -0.686. The summed E-state index contributed by atoms with van der Waals surface area (Å²) in [5, 5.41) is 33.2. The fourth-order valence-corrected chi connectivity index (χ4v) is 1.69. The summed E-state index contributed by atoms with van der Waals surface area (Å²) in [6.45, 7) is 3.23. The summed E-state index contributed by atoms with van der Waals surface area (Å²) in [5.74, 6) is -1.77. The van der Waals surface area contributed by atoms with E-state index in [1.165, 1.54) is 19.9 Å². The number of nitrogens with one attached hydrogen (secondary N) is 2. The molecule has 0 saturated heterocycles. The van der Waals surface area contributed by atoms with Crippen LogP contribution in [0.3, 0.4) is 0 Å². The lowest BCUT2D eigenvalue weighted by Crippen LogP contribution is -2.49. The molecule has 2 amide bonds. The Hall–Kier alpha value is -2.48. The molecule has 7 N–H and O–H groups in total. The van der Waals surface area contributed by atoms with Crippen LogP contribution in [0, 0.1) is 0 Å². The van der Waals surface area contributed by atoms with Gasteiger partial charge in [0.15, 0.2) is 11.5 Å². The normalized spacial score (nSPS) is 13.2. The van der Waals surface area contributed by atoms with Gasteiger partial charge in [0, 0.05) is 12.6 Å². The molecule has 8 heteroatoms. The average molecular weight is 311 g/mol. The van der Waals surface area contributed by atoms with Crippen molar-refractivity contribution < 1.29 is 24.9 Å². The maximum Gasteiger partial charge on any atom is 0.242 e. The van der Waals surface area contributed by atoms with Crippen LogP contribution in [0.25, 0.3) is 0 Å². The maximum atomic E-state index is 11.8. The number of hydrogen-bond donors (Lipinski definition) is 6. The van der Waals surface area contributed by atoms with Crippen molar-refractivity contribution >= 4 is 11.8 Å². The van der Waals surface area contributed by atoms with Crippen molar-refractivity contribution in [2.24, 2.45) is 5.73 Å². The Morgan fingerprint density at radius 2 is 1.68 bits per heavy atom. The van der Waals surface area contributed by atoms with E-state index in [1.807, 2.05) is 0 Å². The van der Waals surface area contributed by atoms with Gasteiger partial charge in [-0.1, -0.05) is 0 Å². The quantitative estimate of drug-likeness (QED) is 0.303. The third-order valence-corrected chi connectivity index (χ3v) is 3.04. The zero-order chi connectivity index (χ0) is 16.9. The summed E-state index contributed by atoms with van der Waals surface area (Å²) < 4.78 is 0. The molecular weight excluding hydrogens is 290 g/mol. The second kappa shape index (κ2) is 7.51. The minimum Gasteiger partial charge on any atom is -0.508 e. The summed E-state index contributed by atoms with van der Waals surface area (Å²) in [5.41, 5.74) is 5.77. The number of rotatable bonds is 6. The number of carbonyl (C=O) groups is 2. The number of phenols is 3. The Labute approximate surface area is 127 Å². The highest BCUT2D eigenvalue weighted by atomic mass is 16.3. The van der Waals surface area contributed by atoms with Crippen LogP contribution in [-0.2, 0) is 16.0 Å². The van der Waals surface area contributed by atoms with Crippen molar-refractivity contribution in [1.82, 2.24) is 10.6 Å². The number of phenolic OH excluding ortho intramolecular Hbond substituents is 3. The van der Waals surface area contributed by atoms with Gasteiger partial charge in [-0.05, 0) is 31.9 Å². The summed E-state index contributed by atoms with van der Waals surface area (Å²) in [6.07, 6.45) is 0.249. The van der Waals surface area contributed by atoms with Gasteiger partial charge in [0.2, 0.25) is 11.8 Å². The lowest BCUT2D eigenvalue weighted by atomic mass is 10.1. The van der Waals surface area contributed by atoms with Crippen LogP contribution >= 0.6 is 0 Å². The molecule has 1 aromatic rings. The van der Waals surface area contributed by atoms with Crippen LogP contribution in [0.2, 0.25) is 0 Å². The summed E-state index contributed by atoms with van der Waals surface area (Å²) >= 11 is 0. The summed E-state index contributed by atoms with van der Waals surface area (Å²) in [6, 6.07) is 0.809. The highest BCUT2D eigenvalue weighted by Crippen LogP contribution is 2.32. The Kier molecular flexibility index (Phi) is 6.00. The number of hydrogen-bond acceptors (Lipinski definition) is 6. The Bertz CT molecular complexity index is 560. The second-order valence-corrected chi connectivity index (χ2v) is 5.03. The van der Waals surface area contributed by atoms with Crippen LogP contribution < -0.4 is 16.4 Å². The molecule has 1 aromatic carbocycles. The van der Waals surface area contributed by atoms with Gasteiger partial charge in [-0.3, -0.25) is 9.59 Å². The summed E-state index contributed by atoms with van der Waals surface area (Å²) in [7, 11) is 0. The molecule has 2 atom stereocenters. The van der Waals surface area contributed by atoms with Gasteiger partial charge in [-0.15, -0.1) is 0 Å². The molecule has 0 fully saturated rings. The van der Waals surface area contributed by atoms with Gasteiger partial charge in [0.05, 0.1) is 6.04 Å². The maximum absolute atomic E-state index is 11.8. The molecule has 0 saturated carbocycles. The predicted molar refractivity (Wildman–Crippen MR) is 79.4 cm³/mol. The Morgan fingerprint density at radius 3 is 2.27 bits per heavy atom. The lowest BCUT2D eigenvalue weighted by molar-refractivity contribution is -0.129. The van der Waals surface area contributed by atoms with E-state index in [1.54, 1.807) is 0 Å². The van der Waals surface area contributed by atoms with E-state index in [2.05, 4.69) is 10.6 Å². The first-order valence-corrected chi connectivity index (χ1v) is 6.79. The molecule has 0 aliphatic carbocycles. The van der Waals surface area contributed by atoms with Crippen LogP contribution in [-0.4, -0.2) is 45.8 Å². The van der Waals surface area contributed by atoms with E-state index in [-0.39, 0.29) is 24.5 Å². The van der Waals surface area contributed by atoms with E-state index in [4.69, 9.17) is 5.73 Å². The van der Waals surface area contributed by atoms with Crippen LogP contribution in [0.4, 0.5) is 0 Å². The topological polar surface area (TPSA) is 145 Å². The second-order valence-electron chi connectivity index (χ2n) is 5.03. The minimum atomic E-state index is -0.736. The van der Waals surface area contributed by atoms with Crippen molar-refractivity contribution in [2.45, 2.75) is 32.4 Å². The number of carbonyl (C=O) groups excluding carboxylic acids is 2. The molecule has 22 heavy (non-hydrogen) atoms. The first kappa shape index (κ1) is 17.6. The third kappa shape index (κ3) is 4.81. The highest BCUT2D eigenvalue weighted by Gasteiger charge is 2.17. The lowest BCUT2D eigenvalue weighted by Gasteiger charge is -2.15. The summed E-state index contributed by atoms with van der Waals surface area (Å²) in [4.78, 5) is 23.1. The monoisotopic (exact) mass is 311 g/mol. The fourth-order valence-electron chi connectivity index (χ4n) is 1.69. The van der Waals surface area contributed by atoms with E-state index in [0.717, 1.165) is 6.07 Å². The molecule has 8 nitrogen and oxygen atoms in total. The van der Waals surface area contributed by atoms with Crippen LogP contribution in [0.5, 0.6) is 17.2 Å². The van der Waals surface area contributed by atoms with E-state index < -0.39 is 29.6 Å². The van der Waals surface area contributed by atoms with E-state index in [9.17, 15) is 24.9 Å². The van der Waals surface area contributed by atoms with Crippen molar-refractivity contribution in [3.63, 3.8) is 0 Å². The smallest absolute Gasteiger partial charge is 0.242 e. The van der Waals surface area contributed by atoms with Gasteiger partial charge in [-0.25, -0.2) is 0 Å². The van der Waals surface area contributed by atoms with Crippen molar-refractivity contribution in [1.29, 1.82) is 0 Å². The molecule has 0 aromatic heterocycles. The zero-order valence-electron chi connectivity index (χ0n) is 12.5. The van der Waals surface area contributed by atoms with Gasteiger partial charge in [-0.2, -0.15) is 0 Å². The SMILES string of the molecule is C[C@H](N)C(=O)N[C@@H](C)C(=O)NCCc1cc(O)c(O)cc1O. The number of nitrogens with two attached hydrogens (primary N) is 1.